The second-order valence-corrected chi connectivity index (χ2v) is 11.5. The van der Waals surface area contributed by atoms with Crippen LogP contribution >= 0.6 is 0 Å². The quantitative estimate of drug-likeness (QED) is 0.681. The average Bonchev–Trinajstić information content (AvgIpc) is 2.76. The van der Waals surface area contributed by atoms with Crippen LogP contribution in [0.3, 0.4) is 0 Å². The summed E-state index contributed by atoms with van der Waals surface area (Å²) in [6.07, 6.45) is 9.72. The van der Waals surface area contributed by atoms with Gasteiger partial charge in [-0.2, -0.15) is 0 Å². The predicted molar refractivity (Wildman–Crippen MR) is 126 cm³/mol. The number of carbonyl (C=O) groups excluding carboxylic acids is 2. The van der Waals surface area contributed by atoms with E-state index < -0.39 is 0 Å². The van der Waals surface area contributed by atoms with Crippen LogP contribution in [-0.2, 0) is 22.7 Å². The first-order valence-electron chi connectivity index (χ1n) is 12.8. The van der Waals surface area contributed by atoms with Gasteiger partial charge in [-0.25, -0.2) is 0 Å². The minimum absolute atomic E-state index is 0.0891. The predicted octanol–water partition coefficient (Wildman–Crippen LogP) is 3.87. The molecule has 2 N–H and O–H groups in total. The zero-order valence-electron chi connectivity index (χ0n) is 19.6. The van der Waals surface area contributed by atoms with Crippen LogP contribution in [0.15, 0.2) is 24.3 Å². The maximum Gasteiger partial charge on any atom is 0.239 e. The van der Waals surface area contributed by atoms with E-state index in [1.165, 1.54) is 50.8 Å². The molecule has 1 saturated heterocycles. The molecular weight excluding hydrogens is 398 g/mol. The second kappa shape index (κ2) is 9.17. The largest absolute Gasteiger partial charge is 0.350 e. The molecule has 0 aromatic heterocycles. The fourth-order valence-electron chi connectivity index (χ4n) is 7.45. The number of hydrogen-bond donors (Lipinski definition) is 2. The van der Waals surface area contributed by atoms with E-state index in [0.717, 1.165) is 55.0 Å². The number of nitrogens with zero attached hydrogens (tertiary/aromatic N) is 1. The fraction of sp³-hybridized carbons (Fsp3) is 0.704. The number of carbonyl (C=O) groups is 2. The van der Waals surface area contributed by atoms with Crippen LogP contribution in [0.2, 0.25) is 0 Å². The van der Waals surface area contributed by atoms with Gasteiger partial charge in [0, 0.05) is 25.0 Å². The van der Waals surface area contributed by atoms with Gasteiger partial charge in [0.1, 0.15) is 0 Å². The standard InChI is InChI=1S/C27H39N3O2/c1-19-3-2-8-30(17-19)18-21-6-4-20(5-7-21)15-28-25(31)16-29-26(32)27-12-22-9-23(13-27)11-24(10-22)14-27/h4-7,19,22-24H,2-3,8-18H2,1H3,(H,28,31)(H,29,32). The first-order valence-corrected chi connectivity index (χ1v) is 12.8. The highest BCUT2D eigenvalue weighted by atomic mass is 16.2. The van der Waals surface area contributed by atoms with Crippen molar-refractivity contribution in [3.05, 3.63) is 35.4 Å². The normalized spacial score (nSPS) is 33.8. The zero-order chi connectivity index (χ0) is 22.1. The third-order valence-corrected chi connectivity index (χ3v) is 8.59. The molecule has 2 amide bonds. The summed E-state index contributed by atoms with van der Waals surface area (Å²) < 4.78 is 0. The van der Waals surface area contributed by atoms with Crippen LogP contribution in [0.1, 0.15) is 69.4 Å². The number of piperidine rings is 1. The monoisotopic (exact) mass is 437 g/mol. The lowest BCUT2D eigenvalue weighted by molar-refractivity contribution is -0.147. The van der Waals surface area contributed by atoms with Crippen molar-refractivity contribution in [2.45, 2.75) is 71.4 Å². The molecule has 5 heteroatoms. The third kappa shape index (κ3) is 4.88. The highest BCUT2D eigenvalue weighted by molar-refractivity contribution is 5.88. The molecule has 1 aliphatic heterocycles. The van der Waals surface area contributed by atoms with Crippen molar-refractivity contribution in [2.24, 2.45) is 29.1 Å². The van der Waals surface area contributed by atoms with Gasteiger partial charge in [-0.15, -0.1) is 0 Å². The molecular formula is C27H39N3O2. The van der Waals surface area contributed by atoms with E-state index >= 15 is 0 Å². The molecule has 1 aromatic carbocycles. The zero-order valence-corrected chi connectivity index (χ0v) is 19.6. The Hall–Kier alpha value is -1.88. The molecule has 1 atom stereocenters. The van der Waals surface area contributed by atoms with Crippen molar-refractivity contribution in [1.29, 1.82) is 0 Å². The van der Waals surface area contributed by atoms with Gasteiger partial charge in [-0.05, 0) is 92.7 Å². The van der Waals surface area contributed by atoms with E-state index in [-0.39, 0.29) is 23.8 Å². The van der Waals surface area contributed by atoms with Crippen LogP contribution in [0.5, 0.6) is 0 Å². The van der Waals surface area contributed by atoms with Crippen molar-refractivity contribution in [3.63, 3.8) is 0 Å². The van der Waals surface area contributed by atoms with Crippen LogP contribution in [0, 0.1) is 29.1 Å². The Morgan fingerprint density at radius 2 is 1.59 bits per heavy atom. The summed E-state index contributed by atoms with van der Waals surface area (Å²) >= 11 is 0. The Morgan fingerprint density at radius 1 is 0.969 bits per heavy atom. The van der Waals surface area contributed by atoms with Gasteiger partial charge in [-0.1, -0.05) is 31.2 Å². The molecule has 0 spiro atoms. The van der Waals surface area contributed by atoms with E-state index in [1.54, 1.807) is 0 Å². The molecule has 6 rings (SSSR count). The molecule has 5 aliphatic rings. The Labute approximate surface area is 192 Å². The minimum atomic E-state index is -0.184. The summed E-state index contributed by atoms with van der Waals surface area (Å²) in [6.45, 7) is 6.32. The smallest absolute Gasteiger partial charge is 0.239 e. The summed E-state index contributed by atoms with van der Waals surface area (Å²) in [4.78, 5) is 27.9. The number of nitrogens with one attached hydrogen (secondary N) is 2. The van der Waals surface area contributed by atoms with Crippen LogP contribution in [-0.4, -0.2) is 36.3 Å². The summed E-state index contributed by atoms with van der Waals surface area (Å²) in [7, 11) is 0. The Morgan fingerprint density at radius 3 is 2.22 bits per heavy atom. The van der Waals surface area contributed by atoms with Crippen molar-refractivity contribution >= 4 is 11.8 Å². The molecule has 4 bridgehead atoms. The van der Waals surface area contributed by atoms with Crippen molar-refractivity contribution in [1.82, 2.24) is 15.5 Å². The van der Waals surface area contributed by atoms with E-state index in [0.29, 0.717) is 6.54 Å². The highest BCUT2D eigenvalue weighted by Gasteiger charge is 2.54. The molecule has 4 saturated carbocycles. The van der Waals surface area contributed by atoms with Gasteiger partial charge < -0.3 is 10.6 Å². The van der Waals surface area contributed by atoms with Crippen molar-refractivity contribution in [3.8, 4) is 0 Å². The van der Waals surface area contributed by atoms with Gasteiger partial charge in [0.15, 0.2) is 0 Å². The lowest BCUT2D eigenvalue weighted by Crippen LogP contribution is -2.54. The highest BCUT2D eigenvalue weighted by Crippen LogP contribution is 2.60. The summed E-state index contributed by atoms with van der Waals surface area (Å²) in [5.74, 6) is 3.03. The number of benzene rings is 1. The van der Waals surface area contributed by atoms with Crippen molar-refractivity contribution in [2.75, 3.05) is 19.6 Å². The molecule has 5 fully saturated rings. The van der Waals surface area contributed by atoms with Gasteiger partial charge in [-0.3, -0.25) is 14.5 Å². The third-order valence-electron chi connectivity index (χ3n) is 8.59. The van der Waals surface area contributed by atoms with Gasteiger partial charge in [0.2, 0.25) is 11.8 Å². The molecule has 0 radical (unpaired) electrons. The number of amides is 2. The second-order valence-electron chi connectivity index (χ2n) is 11.5. The average molecular weight is 438 g/mol. The maximum atomic E-state index is 13.0. The van der Waals surface area contributed by atoms with E-state index in [9.17, 15) is 9.59 Å². The first-order chi connectivity index (χ1) is 15.5. The SMILES string of the molecule is CC1CCCN(Cc2ccc(CNC(=O)CNC(=O)C34CC5CC(CC(C5)C3)C4)cc2)C1. The molecule has 1 heterocycles. The Kier molecular flexibility index (Phi) is 6.28. The van der Waals surface area contributed by atoms with Crippen molar-refractivity contribution < 1.29 is 9.59 Å². The fourth-order valence-corrected chi connectivity index (χ4v) is 7.45. The van der Waals surface area contributed by atoms with E-state index in [1.807, 2.05) is 0 Å². The molecule has 174 valence electrons. The molecule has 5 nitrogen and oxygen atoms in total. The van der Waals surface area contributed by atoms with E-state index in [2.05, 4.69) is 46.7 Å². The Bertz CT molecular complexity index is 799. The first kappa shape index (κ1) is 21.9. The summed E-state index contributed by atoms with van der Waals surface area (Å²) in [5.41, 5.74) is 2.25. The van der Waals surface area contributed by atoms with Gasteiger partial charge in [0.05, 0.1) is 6.54 Å². The van der Waals surface area contributed by atoms with Crippen LogP contribution in [0.4, 0.5) is 0 Å². The maximum absolute atomic E-state index is 13.0. The number of hydrogen-bond acceptors (Lipinski definition) is 3. The van der Waals surface area contributed by atoms with Crippen LogP contribution in [0.25, 0.3) is 0 Å². The minimum Gasteiger partial charge on any atom is -0.350 e. The lowest BCUT2D eigenvalue weighted by Gasteiger charge is -2.55. The molecule has 4 aliphatic carbocycles. The van der Waals surface area contributed by atoms with Gasteiger partial charge >= 0.3 is 0 Å². The van der Waals surface area contributed by atoms with Crippen LogP contribution < -0.4 is 10.6 Å². The molecule has 1 aromatic rings. The number of rotatable bonds is 7. The van der Waals surface area contributed by atoms with Gasteiger partial charge in [0.25, 0.3) is 0 Å². The summed E-state index contributed by atoms with van der Waals surface area (Å²) in [5, 5.41) is 5.95. The van der Waals surface area contributed by atoms with E-state index in [4.69, 9.17) is 0 Å². The number of likely N-dealkylation sites (tertiary alicyclic amines) is 1. The lowest BCUT2D eigenvalue weighted by atomic mass is 9.49. The Balaban J connectivity index is 1.05. The topological polar surface area (TPSA) is 61.4 Å². The summed E-state index contributed by atoms with van der Waals surface area (Å²) in [6, 6.07) is 8.57. The molecule has 32 heavy (non-hydrogen) atoms. The molecule has 1 unspecified atom stereocenters.